The molecule has 88 valence electrons. The lowest BCUT2D eigenvalue weighted by molar-refractivity contribution is 0.188. The Morgan fingerprint density at radius 1 is 1.41 bits per heavy atom. The van der Waals surface area contributed by atoms with Crippen molar-refractivity contribution in [2.75, 3.05) is 18.1 Å². The van der Waals surface area contributed by atoms with Crippen molar-refractivity contribution in [1.29, 1.82) is 0 Å². The van der Waals surface area contributed by atoms with Crippen LogP contribution in [0.4, 0.5) is 10.5 Å². The number of para-hydroxylation sites is 1. The number of hydrogen-bond donors (Lipinski definition) is 2. The van der Waals surface area contributed by atoms with Crippen molar-refractivity contribution in [1.82, 2.24) is 10.3 Å². The van der Waals surface area contributed by atoms with E-state index in [-0.39, 0.29) is 0 Å². The lowest BCUT2D eigenvalue weighted by Gasteiger charge is -2.26. The summed E-state index contributed by atoms with van der Waals surface area (Å²) in [5.74, 6) is 0.628. The van der Waals surface area contributed by atoms with Crippen LogP contribution in [0.5, 0.6) is 0 Å². The first-order valence-electron chi connectivity index (χ1n) is 5.44. The summed E-state index contributed by atoms with van der Waals surface area (Å²) in [6.07, 6.45) is -0.994. The molecule has 17 heavy (non-hydrogen) atoms. The molecule has 3 rings (SSSR count). The summed E-state index contributed by atoms with van der Waals surface area (Å²) in [6, 6.07) is 7.48. The highest BCUT2D eigenvalue weighted by Crippen LogP contribution is 2.31. The Kier molecular flexibility index (Phi) is 2.14. The zero-order valence-corrected chi connectivity index (χ0v) is 9.13. The molecule has 2 aliphatic heterocycles. The number of nitrogens with one attached hydrogen (secondary N) is 1. The molecule has 1 aromatic carbocycles. The first-order chi connectivity index (χ1) is 8.27. The van der Waals surface area contributed by atoms with Crippen molar-refractivity contribution in [3.8, 4) is 0 Å². The minimum Gasteiger partial charge on any atom is -0.463 e. The van der Waals surface area contributed by atoms with Crippen molar-refractivity contribution in [2.24, 2.45) is 4.99 Å². The largest absolute Gasteiger partial charge is 0.463 e. The molecule has 0 atom stereocenters. The summed E-state index contributed by atoms with van der Waals surface area (Å²) in [5, 5.41) is 15.3. The molecular weight excluding hydrogens is 220 g/mol. The van der Waals surface area contributed by atoms with E-state index in [9.17, 15) is 9.90 Å². The Morgan fingerprint density at radius 3 is 2.94 bits per heavy atom. The minimum atomic E-state index is -0.994. The molecule has 0 aliphatic carbocycles. The van der Waals surface area contributed by atoms with E-state index >= 15 is 0 Å². The van der Waals surface area contributed by atoms with E-state index in [1.807, 2.05) is 18.2 Å². The second-order valence-corrected chi connectivity index (χ2v) is 3.91. The molecule has 2 heterocycles. The Hall–Kier alpha value is -2.24. The number of anilines is 1. The van der Waals surface area contributed by atoms with Crippen LogP contribution in [0, 0.1) is 0 Å². The first-order valence-corrected chi connectivity index (χ1v) is 5.44. The third-order valence-corrected chi connectivity index (χ3v) is 2.86. The number of carbonyl (C=O) groups is 1. The molecule has 1 amide bonds. The molecule has 0 aromatic heterocycles. The highest BCUT2D eigenvalue weighted by Gasteiger charge is 2.34. The third kappa shape index (κ3) is 1.49. The molecule has 2 aliphatic rings. The second-order valence-electron chi connectivity index (χ2n) is 3.91. The van der Waals surface area contributed by atoms with Gasteiger partial charge in [-0.2, -0.15) is 5.01 Å². The summed E-state index contributed by atoms with van der Waals surface area (Å²) in [5.41, 5.74) is 1.70. The Bertz CT molecular complexity index is 500. The summed E-state index contributed by atoms with van der Waals surface area (Å²) >= 11 is 0. The quantitative estimate of drug-likeness (QED) is 0.696. The van der Waals surface area contributed by atoms with Crippen LogP contribution in [0.2, 0.25) is 0 Å². The number of benzene rings is 1. The van der Waals surface area contributed by atoms with Gasteiger partial charge in [-0.3, -0.25) is 0 Å². The number of fused-ring (bicyclic) bond motifs is 1. The second kappa shape index (κ2) is 3.65. The molecule has 6 heteroatoms. The van der Waals surface area contributed by atoms with Crippen molar-refractivity contribution >= 4 is 17.7 Å². The van der Waals surface area contributed by atoms with Crippen molar-refractivity contribution in [3.63, 3.8) is 0 Å². The predicted molar refractivity (Wildman–Crippen MR) is 62.8 cm³/mol. The predicted octanol–water partition coefficient (Wildman–Crippen LogP) is 0.861. The van der Waals surface area contributed by atoms with Crippen LogP contribution in [0.1, 0.15) is 5.56 Å². The van der Waals surface area contributed by atoms with Crippen LogP contribution in [0.3, 0.4) is 0 Å². The van der Waals surface area contributed by atoms with Crippen LogP contribution in [0.25, 0.3) is 0 Å². The number of carboxylic acid groups (broad SMARTS) is 1. The number of nitrogens with zero attached hydrogens (tertiary/aromatic N) is 3. The number of guanidine groups is 1. The minimum absolute atomic E-state index is 0.536. The van der Waals surface area contributed by atoms with Gasteiger partial charge in [-0.25, -0.2) is 14.8 Å². The molecule has 2 N–H and O–H groups in total. The van der Waals surface area contributed by atoms with E-state index in [2.05, 4.69) is 10.3 Å². The van der Waals surface area contributed by atoms with Crippen molar-refractivity contribution in [3.05, 3.63) is 29.8 Å². The average Bonchev–Trinajstić information content (AvgIpc) is 2.95. The molecule has 0 fully saturated rings. The van der Waals surface area contributed by atoms with Gasteiger partial charge in [-0.15, -0.1) is 0 Å². The van der Waals surface area contributed by atoms with Gasteiger partial charge in [0.25, 0.3) is 0 Å². The van der Waals surface area contributed by atoms with E-state index < -0.39 is 6.09 Å². The normalized spacial score (nSPS) is 17.8. The smallest absolute Gasteiger partial charge is 0.431 e. The van der Waals surface area contributed by atoms with Crippen molar-refractivity contribution < 1.29 is 9.90 Å². The number of rotatable bonds is 0. The van der Waals surface area contributed by atoms with Gasteiger partial charge in [0.05, 0.1) is 18.8 Å². The molecule has 0 saturated carbocycles. The summed E-state index contributed by atoms with van der Waals surface area (Å²) < 4.78 is 0. The van der Waals surface area contributed by atoms with Crippen LogP contribution in [-0.2, 0) is 6.54 Å². The van der Waals surface area contributed by atoms with Crippen LogP contribution < -0.4 is 10.3 Å². The molecule has 0 saturated heterocycles. The molecule has 0 bridgehead atoms. The monoisotopic (exact) mass is 232 g/mol. The fourth-order valence-corrected chi connectivity index (χ4v) is 2.15. The van der Waals surface area contributed by atoms with E-state index in [1.165, 1.54) is 5.01 Å². The van der Waals surface area contributed by atoms with Gasteiger partial charge in [-0.1, -0.05) is 18.2 Å². The molecule has 6 nitrogen and oxygen atoms in total. The third-order valence-electron chi connectivity index (χ3n) is 2.86. The standard InChI is InChI=1S/C11H12N4O2/c16-11(17)15-9-4-2-1-3-8(9)7-14(15)10-12-5-6-13-10/h1-4H,5-7H2,(H,12,13)(H,16,17). The molecule has 0 radical (unpaired) electrons. The Labute approximate surface area is 98.1 Å². The lowest BCUT2D eigenvalue weighted by atomic mass is 10.2. The van der Waals surface area contributed by atoms with E-state index in [1.54, 1.807) is 11.1 Å². The van der Waals surface area contributed by atoms with Gasteiger partial charge in [-0.05, 0) is 11.6 Å². The van der Waals surface area contributed by atoms with Crippen LogP contribution >= 0.6 is 0 Å². The highest BCUT2D eigenvalue weighted by atomic mass is 16.4. The van der Waals surface area contributed by atoms with E-state index in [4.69, 9.17) is 0 Å². The first kappa shape index (κ1) is 9.95. The SMILES string of the molecule is O=C(O)N1c2ccccc2CN1C1=NCCN1. The highest BCUT2D eigenvalue weighted by molar-refractivity contribution is 5.95. The van der Waals surface area contributed by atoms with E-state index in [0.29, 0.717) is 24.7 Å². The van der Waals surface area contributed by atoms with Gasteiger partial charge in [0, 0.05) is 6.54 Å². The fraction of sp³-hybridized carbons (Fsp3) is 0.273. The topological polar surface area (TPSA) is 68.2 Å². The van der Waals surface area contributed by atoms with Crippen LogP contribution in [-0.4, -0.2) is 35.3 Å². The fourth-order valence-electron chi connectivity index (χ4n) is 2.15. The molecule has 0 spiro atoms. The van der Waals surface area contributed by atoms with Crippen molar-refractivity contribution in [2.45, 2.75) is 6.54 Å². The average molecular weight is 232 g/mol. The number of amides is 1. The molecule has 0 unspecified atom stereocenters. The van der Waals surface area contributed by atoms with Crippen LogP contribution in [0.15, 0.2) is 29.3 Å². The van der Waals surface area contributed by atoms with Gasteiger partial charge in [0.2, 0.25) is 5.96 Å². The zero-order valence-electron chi connectivity index (χ0n) is 9.13. The number of aliphatic imine (C=N–C) groups is 1. The summed E-state index contributed by atoms with van der Waals surface area (Å²) in [4.78, 5) is 15.6. The number of hydrogen-bond acceptors (Lipinski definition) is 4. The summed E-state index contributed by atoms with van der Waals surface area (Å²) in [7, 11) is 0. The maximum Gasteiger partial charge on any atom is 0.431 e. The van der Waals surface area contributed by atoms with E-state index in [0.717, 1.165) is 12.1 Å². The maximum absolute atomic E-state index is 11.3. The van der Waals surface area contributed by atoms with Gasteiger partial charge >= 0.3 is 6.09 Å². The maximum atomic E-state index is 11.3. The van der Waals surface area contributed by atoms with Gasteiger partial charge in [0.15, 0.2) is 0 Å². The van der Waals surface area contributed by atoms with Gasteiger partial charge < -0.3 is 10.4 Å². The van der Waals surface area contributed by atoms with Gasteiger partial charge in [0.1, 0.15) is 0 Å². The molecular formula is C11H12N4O2. The summed E-state index contributed by atoms with van der Waals surface area (Å²) in [6.45, 7) is 1.99. The Balaban J connectivity index is 2.00. The lowest BCUT2D eigenvalue weighted by Crippen LogP contribution is -2.49. The number of hydrazine groups is 1. The Morgan fingerprint density at radius 2 is 2.24 bits per heavy atom. The zero-order chi connectivity index (χ0) is 11.8. The molecule has 1 aromatic rings.